The maximum atomic E-state index is 6.22. The molecule has 1 aromatic carbocycles. The summed E-state index contributed by atoms with van der Waals surface area (Å²) >= 11 is 1.68. The lowest BCUT2D eigenvalue weighted by Gasteiger charge is -2.35. The average molecular weight is 487 g/mol. The molecule has 0 saturated carbocycles. The highest BCUT2D eigenvalue weighted by Gasteiger charge is 2.19. The molecule has 1 aliphatic rings. The number of aliphatic imine (C=N–C) groups is 1. The predicted molar refractivity (Wildman–Crippen MR) is 118 cm³/mol. The van der Waals surface area contributed by atoms with Gasteiger partial charge >= 0.3 is 0 Å². The van der Waals surface area contributed by atoms with E-state index in [0.717, 1.165) is 31.3 Å². The molecule has 0 atom stereocenters. The zero-order valence-electron chi connectivity index (χ0n) is 15.0. The van der Waals surface area contributed by atoms with E-state index in [1.54, 1.807) is 11.3 Å². The van der Waals surface area contributed by atoms with Gasteiger partial charge in [0.15, 0.2) is 11.1 Å². The Bertz CT molecular complexity index is 687. The first-order chi connectivity index (χ1) is 12.3. The van der Waals surface area contributed by atoms with Crippen LogP contribution in [0.15, 0.2) is 40.8 Å². The Morgan fingerprint density at radius 3 is 2.62 bits per heavy atom. The van der Waals surface area contributed by atoms with Crippen LogP contribution in [0.25, 0.3) is 0 Å². The summed E-state index contributed by atoms with van der Waals surface area (Å²) in [5, 5.41) is 3.09. The van der Waals surface area contributed by atoms with E-state index < -0.39 is 0 Å². The van der Waals surface area contributed by atoms with E-state index in [2.05, 4.69) is 31.9 Å². The van der Waals surface area contributed by atoms with Crippen molar-refractivity contribution < 1.29 is 4.74 Å². The molecule has 6 nitrogen and oxygen atoms in total. The molecule has 0 amide bonds. The highest BCUT2D eigenvalue weighted by atomic mass is 127. The Hall–Kier alpha value is -1.39. The standard InChI is InChI=1S/C18H25N5OS.HI/c1-2-24-14-16-6-4-3-5-15(16)13-21-17(19)22-8-10-23(11-9-22)18-20-7-12-25-18;/h3-7,12H,2,8-11,13-14H2,1H3,(H2,19,21);1H. The highest BCUT2D eigenvalue weighted by Crippen LogP contribution is 2.19. The number of thiazole rings is 1. The number of rotatable bonds is 6. The first-order valence-corrected chi connectivity index (χ1v) is 9.49. The molecule has 26 heavy (non-hydrogen) atoms. The minimum absolute atomic E-state index is 0. The van der Waals surface area contributed by atoms with E-state index in [1.807, 2.05) is 30.6 Å². The minimum atomic E-state index is 0. The Balaban J connectivity index is 0.00000243. The number of anilines is 1. The van der Waals surface area contributed by atoms with E-state index in [9.17, 15) is 0 Å². The van der Waals surface area contributed by atoms with E-state index in [0.29, 0.717) is 25.7 Å². The number of hydrogen-bond donors (Lipinski definition) is 1. The average Bonchev–Trinajstić information content (AvgIpc) is 3.20. The smallest absolute Gasteiger partial charge is 0.191 e. The van der Waals surface area contributed by atoms with Gasteiger partial charge in [0.05, 0.1) is 13.2 Å². The molecule has 0 bridgehead atoms. The maximum absolute atomic E-state index is 6.22. The molecule has 142 valence electrons. The van der Waals surface area contributed by atoms with Crippen LogP contribution in [-0.4, -0.2) is 48.6 Å². The number of piperazine rings is 1. The van der Waals surface area contributed by atoms with Crippen molar-refractivity contribution in [1.82, 2.24) is 9.88 Å². The quantitative estimate of drug-likeness (QED) is 0.386. The Morgan fingerprint density at radius 2 is 1.96 bits per heavy atom. The number of guanidine groups is 1. The summed E-state index contributed by atoms with van der Waals surface area (Å²) in [5.41, 5.74) is 8.57. The van der Waals surface area contributed by atoms with Crippen LogP contribution in [0.1, 0.15) is 18.1 Å². The van der Waals surface area contributed by atoms with Crippen molar-refractivity contribution in [2.24, 2.45) is 10.7 Å². The summed E-state index contributed by atoms with van der Waals surface area (Å²) in [5.74, 6) is 0.616. The Morgan fingerprint density at radius 1 is 1.23 bits per heavy atom. The molecule has 1 aromatic heterocycles. The van der Waals surface area contributed by atoms with Gasteiger partial charge in [-0.2, -0.15) is 0 Å². The first kappa shape index (κ1) is 20.9. The number of nitrogens with zero attached hydrogens (tertiary/aromatic N) is 4. The molecular formula is C18H26IN5OS. The molecule has 3 rings (SSSR count). The fourth-order valence-electron chi connectivity index (χ4n) is 2.83. The van der Waals surface area contributed by atoms with Crippen molar-refractivity contribution in [3.63, 3.8) is 0 Å². The molecule has 8 heteroatoms. The number of hydrogen-bond acceptors (Lipinski definition) is 5. The van der Waals surface area contributed by atoms with Crippen molar-refractivity contribution in [3.8, 4) is 0 Å². The van der Waals surface area contributed by atoms with Crippen LogP contribution in [0, 0.1) is 0 Å². The highest BCUT2D eigenvalue weighted by molar-refractivity contribution is 14.0. The van der Waals surface area contributed by atoms with Crippen LogP contribution in [0.3, 0.4) is 0 Å². The van der Waals surface area contributed by atoms with Gasteiger partial charge in [0.1, 0.15) is 0 Å². The molecule has 1 saturated heterocycles. The number of benzene rings is 1. The Labute approximate surface area is 176 Å². The van der Waals surface area contributed by atoms with Crippen LogP contribution in [0.4, 0.5) is 5.13 Å². The summed E-state index contributed by atoms with van der Waals surface area (Å²) in [6, 6.07) is 8.24. The summed E-state index contributed by atoms with van der Waals surface area (Å²) in [6.07, 6.45) is 1.85. The van der Waals surface area contributed by atoms with Crippen molar-refractivity contribution in [3.05, 3.63) is 47.0 Å². The van der Waals surface area contributed by atoms with Gasteiger partial charge in [0, 0.05) is 44.4 Å². The van der Waals surface area contributed by atoms with E-state index in [4.69, 9.17) is 10.5 Å². The van der Waals surface area contributed by atoms with Gasteiger partial charge in [-0.25, -0.2) is 9.98 Å². The molecule has 2 aromatic rings. The largest absolute Gasteiger partial charge is 0.377 e. The fraction of sp³-hybridized carbons (Fsp3) is 0.444. The second-order valence-electron chi connectivity index (χ2n) is 5.87. The second kappa shape index (κ2) is 10.7. The lowest BCUT2D eigenvalue weighted by molar-refractivity contribution is 0.133. The zero-order chi connectivity index (χ0) is 17.5. The monoisotopic (exact) mass is 487 g/mol. The fourth-order valence-corrected chi connectivity index (χ4v) is 3.53. The molecule has 2 heterocycles. The van der Waals surface area contributed by atoms with Crippen LogP contribution < -0.4 is 10.6 Å². The lowest BCUT2D eigenvalue weighted by Crippen LogP contribution is -2.51. The molecule has 1 aliphatic heterocycles. The molecule has 0 spiro atoms. The van der Waals surface area contributed by atoms with Gasteiger partial charge < -0.3 is 20.3 Å². The minimum Gasteiger partial charge on any atom is -0.377 e. The van der Waals surface area contributed by atoms with Crippen molar-refractivity contribution in [1.29, 1.82) is 0 Å². The SMILES string of the molecule is CCOCc1ccccc1CN=C(N)N1CCN(c2nccs2)CC1.I. The first-order valence-electron chi connectivity index (χ1n) is 8.61. The maximum Gasteiger partial charge on any atom is 0.191 e. The van der Waals surface area contributed by atoms with Crippen LogP contribution in [0.2, 0.25) is 0 Å². The molecule has 0 unspecified atom stereocenters. The normalized spacial score (nSPS) is 15.0. The van der Waals surface area contributed by atoms with Gasteiger partial charge in [-0.1, -0.05) is 24.3 Å². The third-order valence-corrected chi connectivity index (χ3v) is 5.12. The number of ether oxygens (including phenoxy) is 1. The molecule has 0 radical (unpaired) electrons. The molecule has 1 fully saturated rings. The van der Waals surface area contributed by atoms with Crippen molar-refractivity contribution >= 4 is 46.4 Å². The molecular weight excluding hydrogens is 461 g/mol. The second-order valence-corrected chi connectivity index (χ2v) is 6.74. The summed E-state index contributed by atoms with van der Waals surface area (Å²) < 4.78 is 5.53. The molecule has 0 aliphatic carbocycles. The molecule has 2 N–H and O–H groups in total. The number of nitrogens with two attached hydrogens (primary N) is 1. The van der Waals surface area contributed by atoms with E-state index >= 15 is 0 Å². The predicted octanol–water partition coefficient (Wildman–Crippen LogP) is 2.93. The Kier molecular flexibility index (Phi) is 8.60. The lowest BCUT2D eigenvalue weighted by atomic mass is 10.1. The van der Waals surface area contributed by atoms with Crippen LogP contribution >= 0.6 is 35.3 Å². The number of aromatic nitrogens is 1. The van der Waals surface area contributed by atoms with Gasteiger partial charge in [-0.3, -0.25) is 0 Å². The summed E-state index contributed by atoms with van der Waals surface area (Å²) in [7, 11) is 0. The third-order valence-electron chi connectivity index (χ3n) is 4.28. The van der Waals surface area contributed by atoms with Gasteiger partial charge in [0.2, 0.25) is 0 Å². The van der Waals surface area contributed by atoms with Gasteiger partial charge in [-0.15, -0.1) is 35.3 Å². The topological polar surface area (TPSA) is 67.0 Å². The van der Waals surface area contributed by atoms with Gasteiger partial charge in [-0.05, 0) is 18.1 Å². The van der Waals surface area contributed by atoms with Crippen LogP contribution in [-0.2, 0) is 17.9 Å². The third kappa shape index (κ3) is 5.55. The van der Waals surface area contributed by atoms with E-state index in [1.165, 1.54) is 11.1 Å². The summed E-state index contributed by atoms with van der Waals surface area (Å²) in [4.78, 5) is 13.4. The van der Waals surface area contributed by atoms with Gasteiger partial charge in [0.25, 0.3) is 0 Å². The van der Waals surface area contributed by atoms with Crippen molar-refractivity contribution in [2.45, 2.75) is 20.1 Å². The zero-order valence-corrected chi connectivity index (χ0v) is 18.2. The van der Waals surface area contributed by atoms with Crippen molar-refractivity contribution in [2.75, 3.05) is 37.7 Å². The van der Waals surface area contributed by atoms with Crippen LogP contribution in [0.5, 0.6) is 0 Å². The summed E-state index contributed by atoms with van der Waals surface area (Å²) in [6.45, 7) is 7.50. The number of halogens is 1. The van der Waals surface area contributed by atoms with E-state index in [-0.39, 0.29) is 24.0 Å².